The second kappa shape index (κ2) is 7.35. The summed E-state index contributed by atoms with van der Waals surface area (Å²) < 4.78 is 13.2. The van der Waals surface area contributed by atoms with Crippen molar-refractivity contribution in [2.45, 2.75) is 31.7 Å². The van der Waals surface area contributed by atoms with Gasteiger partial charge in [-0.05, 0) is 60.9 Å². The number of carbonyl (C=O) groups is 3. The lowest BCUT2D eigenvalue weighted by Gasteiger charge is -2.27. The molecule has 3 aliphatic rings. The number of likely N-dealkylation sites (tertiary alicyclic amines) is 1. The Kier molecular flexibility index (Phi) is 4.65. The van der Waals surface area contributed by atoms with E-state index in [2.05, 4.69) is 5.32 Å². The molecular weight excluding hydrogens is 383 g/mol. The highest BCUT2D eigenvalue weighted by molar-refractivity contribution is 6.10. The summed E-state index contributed by atoms with van der Waals surface area (Å²) in [6.07, 6.45) is 3.18. The number of hydrogen-bond acceptors (Lipinski definition) is 3. The first-order valence-corrected chi connectivity index (χ1v) is 10.5. The van der Waals surface area contributed by atoms with Crippen LogP contribution in [0, 0.1) is 29.5 Å². The zero-order chi connectivity index (χ0) is 20.8. The van der Waals surface area contributed by atoms with Gasteiger partial charge in [0, 0.05) is 12.1 Å². The molecule has 3 amide bonds. The Labute approximate surface area is 174 Å². The zero-order valence-electron chi connectivity index (χ0n) is 16.5. The maximum absolute atomic E-state index is 13.3. The van der Waals surface area contributed by atoms with Crippen molar-refractivity contribution in [3.8, 4) is 0 Å². The number of rotatable bonds is 5. The van der Waals surface area contributed by atoms with Gasteiger partial charge in [0.05, 0.1) is 11.8 Å². The molecule has 0 spiro atoms. The van der Waals surface area contributed by atoms with Gasteiger partial charge >= 0.3 is 0 Å². The van der Waals surface area contributed by atoms with E-state index in [-0.39, 0.29) is 41.9 Å². The largest absolute Gasteiger partial charge is 0.324 e. The number of halogens is 1. The molecule has 3 fully saturated rings. The number of nitrogens with one attached hydrogen (secondary N) is 1. The Hall–Kier alpha value is -3.02. The lowest BCUT2D eigenvalue weighted by molar-refractivity contribution is -0.147. The minimum Gasteiger partial charge on any atom is -0.324 e. The van der Waals surface area contributed by atoms with E-state index in [1.807, 2.05) is 30.3 Å². The molecule has 2 aromatic rings. The van der Waals surface area contributed by atoms with Crippen LogP contribution >= 0.6 is 0 Å². The molecule has 2 aliphatic carbocycles. The van der Waals surface area contributed by atoms with Crippen molar-refractivity contribution >= 4 is 23.4 Å². The van der Waals surface area contributed by atoms with Gasteiger partial charge in [-0.3, -0.25) is 19.3 Å². The van der Waals surface area contributed by atoms with E-state index in [1.165, 1.54) is 29.2 Å². The van der Waals surface area contributed by atoms with E-state index in [0.717, 1.165) is 24.8 Å². The summed E-state index contributed by atoms with van der Waals surface area (Å²) in [6, 6.07) is 13.9. The lowest BCUT2D eigenvalue weighted by Crippen LogP contribution is -2.49. The van der Waals surface area contributed by atoms with Gasteiger partial charge in [0.1, 0.15) is 11.9 Å². The molecule has 5 rings (SSSR count). The average molecular weight is 406 g/mol. The highest BCUT2D eigenvalue weighted by Gasteiger charge is 2.62. The number of nitrogens with zero attached hydrogens (tertiary/aromatic N) is 1. The van der Waals surface area contributed by atoms with Crippen LogP contribution in [0.3, 0.4) is 0 Å². The van der Waals surface area contributed by atoms with Gasteiger partial charge in [0.2, 0.25) is 17.7 Å². The Morgan fingerprint density at radius 3 is 2.17 bits per heavy atom. The molecule has 154 valence electrons. The van der Waals surface area contributed by atoms with Crippen LogP contribution in [0.25, 0.3) is 0 Å². The predicted octanol–water partition coefficient (Wildman–Crippen LogP) is 3.41. The fraction of sp³-hybridized carbons (Fsp3) is 0.375. The predicted molar refractivity (Wildman–Crippen MR) is 109 cm³/mol. The summed E-state index contributed by atoms with van der Waals surface area (Å²) in [5, 5.41) is 2.76. The summed E-state index contributed by atoms with van der Waals surface area (Å²) in [6.45, 7) is 0. The standard InChI is InChI=1S/C24H23FN2O3/c25-17-8-10-18(11-9-17)26-22(28)19(12-14-4-2-1-3-5-14)27-23(29)20-15-6-7-16(13-15)21(20)24(27)30/h1-5,8-11,15-16,19-21H,6-7,12-13H2,(H,26,28)/t15-,16+,19-,20-,21+/m0/s1. The molecule has 30 heavy (non-hydrogen) atoms. The number of amides is 3. The van der Waals surface area contributed by atoms with Crippen LogP contribution in [0.15, 0.2) is 54.6 Å². The molecule has 2 aromatic carbocycles. The summed E-state index contributed by atoms with van der Waals surface area (Å²) in [5.41, 5.74) is 1.30. The Morgan fingerprint density at radius 2 is 1.57 bits per heavy atom. The van der Waals surface area contributed by atoms with Crippen LogP contribution in [-0.2, 0) is 20.8 Å². The summed E-state index contributed by atoms with van der Waals surface area (Å²) in [7, 11) is 0. The van der Waals surface area contributed by atoms with Crippen molar-refractivity contribution in [1.82, 2.24) is 4.90 Å². The van der Waals surface area contributed by atoms with Crippen LogP contribution in [0.2, 0.25) is 0 Å². The van der Waals surface area contributed by atoms with Crippen molar-refractivity contribution in [3.63, 3.8) is 0 Å². The fourth-order valence-corrected chi connectivity index (χ4v) is 5.64. The third-order valence-corrected chi connectivity index (χ3v) is 6.96. The number of hydrogen-bond donors (Lipinski definition) is 1. The summed E-state index contributed by atoms with van der Waals surface area (Å²) >= 11 is 0. The highest BCUT2D eigenvalue weighted by Crippen LogP contribution is 2.56. The molecule has 2 saturated carbocycles. The number of carbonyl (C=O) groups excluding carboxylic acids is 3. The van der Waals surface area contributed by atoms with Crippen LogP contribution < -0.4 is 5.32 Å². The maximum Gasteiger partial charge on any atom is 0.248 e. The number of anilines is 1. The first kappa shape index (κ1) is 19.0. The number of benzene rings is 2. The minimum atomic E-state index is -0.928. The van der Waals surface area contributed by atoms with E-state index in [4.69, 9.17) is 0 Å². The quantitative estimate of drug-likeness (QED) is 0.774. The summed E-state index contributed by atoms with van der Waals surface area (Å²) in [5.74, 6) is -1.25. The molecule has 5 atom stereocenters. The van der Waals surface area contributed by atoms with Gasteiger partial charge in [0.25, 0.3) is 0 Å². The number of fused-ring (bicyclic) bond motifs is 5. The van der Waals surface area contributed by atoms with E-state index in [1.54, 1.807) is 0 Å². The van der Waals surface area contributed by atoms with Crippen molar-refractivity contribution < 1.29 is 18.8 Å². The fourth-order valence-electron chi connectivity index (χ4n) is 5.64. The second-order valence-electron chi connectivity index (χ2n) is 8.63. The smallest absolute Gasteiger partial charge is 0.248 e. The molecule has 1 heterocycles. The van der Waals surface area contributed by atoms with Gasteiger partial charge in [-0.25, -0.2) is 4.39 Å². The first-order valence-electron chi connectivity index (χ1n) is 10.5. The van der Waals surface area contributed by atoms with Crippen molar-refractivity contribution in [2.75, 3.05) is 5.32 Å². The highest BCUT2D eigenvalue weighted by atomic mass is 19.1. The SMILES string of the molecule is O=C(Nc1ccc(F)cc1)[C@H](Cc1ccccc1)N1C(=O)[C@@H]2[C@@H]3CC[C@@H](C3)[C@@H]2C1=O. The molecule has 0 unspecified atom stereocenters. The minimum absolute atomic E-state index is 0.201. The average Bonchev–Trinajstić information content (AvgIpc) is 3.43. The lowest BCUT2D eigenvalue weighted by atomic mass is 9.81. The Bertz CT molecular complexity index is 963. The van der Waals surface area contributed by atoms with E-state index in [0.29, 0.717) is 5.69 Å². The van der Waals surface area contributed by atoms with E-state index in [9.17, 15) is 18.8 Å². The Morgan fingerprint density at radius 1 is 0.967 bits per heavy atom. The molecule has 5 nitrogen and oxygen atoms in total. The third-order valence-electron chi connectivity index (χ3n) is 6.96. The van der Waals surface area contributed by atoms with Crippen molar-refractivity contribution in [2.24, 2.45) is 23.7 Å². The molecule has 0 radical (unpaired) electrons. The van der Waals surface area contributed by atoms with Gasteiger partial charge in [-0.1, -0.05) is 30.3 Å². The molecule has 1 aliphatic heterocycles. The number of imide groups is 1. The normalized spacial score (nSPS) is 28.0. The van der Waals surface area contributed by atoms with E-state index < -0.39 is 17.8 Å². The monoisotopic (exact) mass is 406 g/mol. The van der Waals surface area contributed by atoms with Crippen LogP contribution in [0.5, 0.6) is 0 Å². The van der Waals surface area contributed by atoms with E-state index >= 15 is 0 Å². The Balaban J connectivity index is 1.45. The van der Waals surface area contributed by atoms with Crippen molar-refractivity contribution in [1.29, 1.82) is 0 Å². The van der Waals surface area contributed by atoms with Gasteiger partial charge in [-0.2, -0.15) is 0 Å². The molecule has 1 N–H and O–H groups in total. The van der Waals surface area contributed by atoms with Gasteiger partial charge < -0.3 is 5.32 Å². The molecule has 6 heteroatoms. The molecule has 2 bridgehead atoms. The molecular formula is C24H23FN2O3. The van der Waals surface area contributed by atoms with Crippen molar-refractivity contribution in [3.05, 3.63) is 66.0 Å². The molecule has 1 saturated heterocycles. The maximum atomic E-state index is 13.3. The zero-order valence-corrected chi connectivity index (χ0v) is 16.5. The van der Waals surface area contributed by atoms with Gasteiger partial charge in [0.15, 0.2) is 0 Å². The van der Waals surface area contributed by atoms with Crippen LogP contribution in [0.4, 0.5) is 10.1 Å². The second-order valence-corrected chi connectivity index (χ2v) is 8.63. The van der Waals surface area contributed by atoms with Crippen LogP contribution in [-0.4, -0.2) is 28.7 Å². The van der Waals surface area contributed by atoms with Crippen LogP contribution in [0.1, 0.15) is 24.8 Å². The first-order chi connectivity index (χ1) is 14.5. The molecule has 0 aromatic heterocycles. The van der Waals surface area contributed by atoms with Gasteiger partial charge in [-0.15, -0.1) is 0 Å². The topological polar surface area (TPSA) is 66.5 Å². The summed E-state index contributed by atoms with van der Waals surface area (Å²) in [4.78, 5) is 41.0. The third kappa shape index (κ3) is 3.11.